The Morgan fingerprint density at radius 2 is 2.03 bits per heavy atom. The van der Waals surface area contributed by atoms with Gasteiger partial charge in [-0.15, -0.1) is 0 Å². The summed E-state index contributed by atoms with van der Waals surface area (Å²) in [6.45, 7) is 6.57. The fourth-order valence-electron chi connectivity index (χ4n) is 5.99. The second-order valence-electron chi connectivity index (χ2n) is 10.0. The molecule has 8 heteroatoms. The number of nitrogens with zero attached hydrogens (tertiary/aromatic N) is 1. The Bertz CT molecular complexity index is 1030. The van der Waals surface area contributed by atoms with E-state index in [1.807, 2.05) is 45.2 Å². The minimum atomic E-state index is -1.19. The van der Waals surface area contributed by atoms with Crippen molar-refractivity contribution >= 4 is 22.9 Å². The van der Waals surface area contributed by atoms with Crippen molar-refractivity contribution in [2.24, 2.45) is 17.1 Å². The van der Waals surface area contributed by atoms with Crippen LogP contribution < -0.4 is 10.5 Å². The maximum atomic E-state index is 12.7. The maximum absolute atomic E-state index is 12.7. The van der Waals surface area contributed by atoms with Gasteiger partial charge in [-0.05, 0) is 43.0 Å². The lowest BCUT2D eigenvalue weighted by Gasteiger charge is -2.49. The van der Waals surface area contributed by atoms with E-state index < -0.39 is 23.0 Å². The first-order valence-electron chi connectivity index (χ1n) is 11.2. The first-order chi connectivity index (χ1) is 15.1. The molecule has 1 aromatic heterocycles. The van der Waals surface area contributed by atoms with Crippen LogP contribution in [0.15, 0.2) is 24.4 Å². The van der Waals surface area contributed by atoms with Crippen LogP contribution in [-0.4, -0.2) is 58.9 Å². The summed E-state index contributed by atoms with van der Waals surface area (Å²) >= 11 is 0. The number of amides is 2. The van der Waals surface area contributed by atoms with Crippen LogP contribution in [0.3, 0.4) is 0 Å². The highest BCUT2D eigenvalue weighted by atomic mass is 16.5. The standard InChI is InChI=1S/C24H33N3O5/c1-23(2,3)24(21(25)28)18(9-10-32-24)20-8-5-14(13-27(20)22(29)30)17-12-26-19-7-6-15(31-4)11-16(17)19/h6-7,11-12,14,18,20,26H,5,8-10,13H2,1-4H3,(H2,25,28)(H,29,30)/t14?,18?,20?,24-/m1/s1. The van der Waals surface area contributed by atoms with E-state index in [4.69, 9.17) is 15.2 Å². The summed E-state index contributed by atoms with van der Waals surface area (Å²) in [5.74, 6) is 0.0218. The molecule has 32 heavy (non-hydrogen) atoms. The van der Waals surface area contributed by atoms with Crippen LogP contribution in [0.25, 0.3) is 10.9 Å². The molecule has 1 aromatic carbocycles. The second kappa shape index (κ2) is 7.99. The normalized spacial score (nSPS) is 28.8. The summed E-state index contributed by atoms with van der Waals surface area (Å²) in [5.41, 5.74) is 6.23. The first kappa shape index (κ1) is 22.5. The van der Waals surface area contributed by atoms with Crippen LogP contribution in [0.4, 0.5) is 4.79 Å². The molecule has 4 N–H and O–H groups in total. The first-order valence-corrected chi connectivity index (χ1v) is 11.2. The van der Waals surface area contributed by atoms with E-state index in [1.165, 1.54) is 4.90 Å². The van der Waals surface area contributed by atoms with Crippen molar-refractivity contribution in [2.75, 3.05) is 20.3 Å². The zero-order valence-corrected chi connectivity index (χ0v) is 19.2. The van der Waals surface area contributed by atoms with Gasteiger partial charge >= 0.3 is 6.09 Å². The highest BCUT2D eigenvalue weighted by molar-refractivity contribution is 5.86. The Morgan fingerprint density at radius 3 is 2.66 bits per heavy atom. The number of rotatable bonds is 4. The predicted octanol–water partition coefficient (Wildman–Crippen LogP) is 3.71. The van der Waals surface area contributed by atoms with Crippen LogP contribution >= 0.6 is 0 Å². The van der Waals surface area contributed by atoms with E-state index in [9.17, 15) is 14.7 Å². The Balaban J connectivity index is 1.66. The number of aromatic nitrogens is 1. The number of piperidine rings is 1. The zero-order chi connectivity index (χ0) is 23.3. The van der Waals surface area contributed by atoms with E-state index in [0.717, 1.165) is 28.6 Å². The molecule has 2 aromatic rings. The number of aromatic amines is 1. The molecule has 8 nitrogen and oxygen atoms in total. The molecule has 0 saturated carbocycles. The average molecular weight is 444 g/mol. The van der Waals surface area contributed by atoms with Crippen molar-refractivity contribution in [3.05, 3.63) is 30.0 Å². The molecule has 174 valence electrons. The minimum absolute atomic E-state index is 0.0446. The van der Waals surface area contributed by atoms with E-state index >= 15 is 0 Å². The summed E-state index contributed by atoms with van der Waals surface area (Å²) in [6.07, 6.45) is 3.07. The van der Waals surface area contributed by atoms with E-state index in [2.05, 4.69) is 4.98 Å². The Kier molecular flexibility index (Phi) is 5.61. The van der Waals surface area contributed by atoms with Gasteiger partial charge in [0.2, 0.25) is 0 Å². The van der Waals surface area contributed by atoms with Gasteiger partial charge < -0.3 is 30.2 Å². The van der Waals surface area contributed by atoms with Crippen molar-refractivity contribution in [2.45, 2.75) is 57.6 Å². The number of carbonyl (C=O) groups excluding carboxylic acids is 1. The summed E-state index contributed by atoms with van der Waals surface area (Å²) in [6, 6.07) is 5.54. The average Bonchev–Trinajstić information content (AvgIpc) is 3.37. The Morgan fingerprint density at radius 1 is 1.28 bits per heavy atom. The van der Waals surface area contributed by atoms with Crippen molar-refractivity contribution in [3.63, 3.8) is 0 Å². The van der Waals surface area contributed by atoms with Gasteiger partial charge in [0, 0.05) is 53.5 Å². The quantitative estimate of drug-likeness (QED) is 0.666. The Hall–Kier alpha value is -2.74. The molecule has 2 fully saturated rings. The number of ether oxygens (including phenoxy) is 2. The molecule has 3 heterocycles. The van der Waals surface area contributed by atoms with E-state index in [1.54, 1.807) is 7.11 Å². The third-order valence-electron chi connectivity index (χ3n) is 7.46. The topological polar surface area (TPSA) is 118 Å². The number of hydrogen-bond donors (Lipinski definition) is 3. The predicted molar refractivity (Wildman–Crippen MR) is 121 cm³/mol. The van der Waals surface area contributed by atoms with E-state index in [-0.39, 0.29) is 17.9 Å². The number of likely N-dealkylation sites (tertiary alicyclic amines) is 1. The maximum Gasteiger partial charge on any atom is 0.407 e. The number of fused-ring (bicyclic) bond motifs is 1. The van der Waals surface area contributed by atoms with Crippen molar-refractivity contribution in [3.8, 4) is 5.75 Å². The SMILES string of the molecule is COc1ccc2[nH]cc(C3CCC(C4CCO[C@]4(C(N)=O)C(C)(C)C)N(C(=O)O)C3)c2c1. The number of primary amides is 1. The van der Waals surface area contributed by atoms with Crippen molar-refractivity contribution in [1.82, 2.24) is 9.88 Å². The number of methoxy groups -OCH3 is 1. The highest BCUT2D eigenvalue weighted by Gasteiger charge is 2.60. The molecule has 2 aliphatic heterocycles. The molecule has 0 spiro atoms. The number of benzene rings is 1. The number of nitrogens with two attached hydrogens (primary N) is 1. The van der Waals surface area contributed by atoms with Gasteiger partial charge in [0.05, 0.1) is 7.11 Å². The lowest BCUT2D eigenvalue weighted by molar-refractivity contribution is -0.162. The molecule has 0 radical (unpaired) electrons. The number of carbonyl (C=O) groups is 2. The summed E-state index contributed by atoms with van der Waals surface area (Å²) in [4.78, 5) is 29.8. The molecular weight excluding hydrogens is 410 g/mol. The van der Waals surface area contributed by atoms with Gasteiger partial charge in [-0.1, -0.05) is 20.8 Å². The highest BCUT2D eigenvalue weighted by Crippen LogP contribution is 2.50. The van der Waals surface area contributed by atoms with Gasteiger partial charge in [-0.25, -0.2) is 4.79 Å². The van der Waals surface area contributed by atoms with Gasteiger partial charge in [0.15, 0.2) is 5.60 Å². The Labute approximate surface area is 188 Å². The lowest BCUT2D eigenvalue weighted by Crippen LogP contribution is -2.63. The number of hydrogen-bond acceptors (Lipinski definition) is 4. The molecule has 4 atom stereocenters. The third kappa shape index (κ3) is 3.41. The summed E-state index contributed by atoms with van der Waals surface area (Å²) in [7, 11) is 1.63. The molecule has 3 unspecified atom stereocenters. The largest absolute Gasteiger partial charge is 0.497 e. The second-order valence-corrected chi connectivity index (χ2v) is 10.0. The fraction of sp³-hybridized carbons (Fsp3) is 0.583. The molecule has 2 amide bonds. The minimum Gasteiger partial charge on any atom is -0.497 e. The van der Waals surface area contributed by atoms with E-state index in [0.29, 0.717) is 26.0 Å². The van der Waals surface area contributed by atoms with Crippen molar-refractivity contribution < 1.29 is 24.2 Å². The van der Waals surface area contributed by atoms with Gasteiger partial charge in [0.25, 0.3) is 5.91 Å². The van der Waals surface area contributed by atoms with Crippen LogP contribution in [0, 0.1) is 11.3 Å². The number of H-pyrrole nitrogens is 1. The van der Waals surface area contributed by atoms with Crippen LogP contribution in [0.2, 0.25) is 0 Å². The zero-order valence-electron chi connectivity index (χ0n) is 19.2. The third-order valence-corrected chi connectivity index (χ3v) is 7.46. The molecule has 0 aliphatic carbocycles. The van der Waals surface area contributed by atoms with Crippen molar-refractivity contribution in [1.29, 1.82) is 0 Å². The molecular formula is C24H33N3O5. The number of carboxylic acid groups (broad SMARTS) is 1. The van der Waals surface area contributed by atoms with Crippen LogP contribution in [0.5, 0.6) is 5.75 Å². The molecule has 2 aliphatic rings. The fourth-order valence-corrected chi connectivity index (χ4v) is 5.99. The monoisotopic (exact) mass is 443 g/mol. The van der Waals surface area contributed by atoms with Gasteiger partial charge in [0.1, 0.15) is 5.75 Å². The van der Waals surface area contributed by atoms with Crippen LogP contribution in [-0.2, 0) is 9.53 Å². The molecule has 4 rings (SSSR count). The summed E-state index contributed by atoms with van der Waals surface area (Å²) in [5, 5.41) is 11.2. The smallest absolute Gasteiger partial charge is 0.407 e. The molecule has 0 bridgehead atoms. The van der Waals surface area contributed by atoms with Crippen LogP contribution in [0.1, 0.15) is 51.5 Å². The summed E-state index contributed by atoms with van der Waals surface area (Å²) < 4.78 is 11.4. The lowest BCUT2D eigenvalue weighted by atomic mass is 9.64. The van der Waals surface area contributed by atoms with Gasteiger partial charge in [-0.2, -0.15) is 0 Å². The molecule has 2 saturated heterocycles. The van der Waals surface area contributed by atoms with Gasteiger partial charge in [-0.3, -0.25) is 4.79 Å². The number of nitrogens with one attached hydrogen (secondary N) is 1.